The van der Waals surface area contributed by atoms with Crippen molar-refractivity contribution in [3.05, 3.63) is 29.8 Å². The maximum atomic E-state index is 12.0. The third kappa shape index (κ3) is 3.77. The smallest absolute Gasteiger partial charge is 0.223 e. The molecule has 1 rings (SSSR count). The molecule has 3 nitrogen and oxygen atoms in total. The minimum Gasteiger partial charge on any atom is -0.399 e. The van der Waals surface area contributed by atoms with Crippen LogP contribution in [-0.2, 0) is 11.2 Å². The van der Waals surface area contributed by atoms with Crippen molar-refractivity contribution in [2.45, 2.75) is 39.7 Å². The summed E-state index contributed by atoms with van der Waals surface area (Å²) in [6.45, 7) is 6.85. The van der Waals surface area contributed by atoms with Crippen molar-refractivity contribution in [3.8, 4) is 0 Å². The van der Waals surface area contributed by atoms with Gasteiger partial charge in [0.25, 0.3) is 0 Å². The molecule has 0 saturated heterocycles. The summed E-state index contributed by atoms with van der Waals surface area (Å²) in [5, 5.41) is 0. The highest BCUT2D eigenvalue weighted by Crippen LogP contribution is 2.13. The minimum absolute atomic E-state index is 0.200. The topological polar surface area (TPSA) is 46.3 Å². The average molecular weight is 234 g/mol. The fourth-order valence-electron chi connectivity index (χ4n) is 1.98. The summed E-state index contributed by atoms with van der Waals surface area (Å²) in [4.78, 5) is 13.9. The molecule has 0 saturated carbocycles. The Hall–Kier alpha value is -1.51. The van der Waals surface area contributed by atoms with Crippen molar-refractivity contribution in [3.63, 3.8) is 0 Å². The molecular formula is C14H22N2O. The summed E-state index contributed by atoms with van der Waals surface area (Å²) >= 11 is 0. The summed E-state index contributed by atoms with van der Waals surface area (Å²) in [6, 6.07) is 7.98. The molecule has 0 fully saturated rings. The number of anilines is 1. The van der Waals surface area contributed by atoms with Crippen molar-refractivity contribution in [1.82, 2.24) is 4.90 Å². The van der Waals surface area contributed by atoms with Gasteiger partial charge in [-0.05, 0) is 38.8 Å². The first-order valence-electron chi connectivity index (χ1n) is 6.19. The fourth-order valence-corrected chi connectivity index (χ4v) is 1.98. The van der Waals surface area contributed by atoms with E-state index in [4.69, 9.17) is 5.73 Å². The van der Waals surface area contributed by atoms with Gasteiger partial charge in [0, 0.05) is 24.7 Å². The van der Waals surface area contributed by atoms with Gasteiger partial charge in [-0.15, -0.1) is 0 Å². The number of hydrogen-bond donors (Lipinski definition) is 1. The molecule has 94 valence electrons. The van der Waals surface area contributed by atoms with Crippen molar-refractivity contribution in [2.24, 2.45) is 0 Å². The number of aryl methyl sites for hydroxylation is 1. The first-order valence-corrected chi connectivity index (χ1v) is 6.19. The maximum Gasteiger partial charge on any atom is 0.223 e. The van der Waals surface area contributed by atoms with E-state index < -0.39 is 0 Å². The second-order valence-electron chi connectivity index (χ2n) is 4.47. The number of rotatable bonds is 5. The zero-order valence-electron chi connectivity index (χ0n) is 10.9. The van der Waals surface area contributed by atoms with E-state index in [2.05, 4.69) is 0 Å². The summed E-state index contributed by atoms with van der Waals surface area (Å²) < 4.78 is 0. The molecule has 17 heavy (non-hydrogen) atoms. The monoisotopic (exact) mass is 234 g/mol. The van der Waals surface area contributed by atoms with Crippen molar-refractivity contribution in [2.75, 3.05) is 12.3 Å². The lowest BCUT2D eigenvalue weighted by molar-refractivity contribution is -0.132. The van der Waals surface area contributed by atoms with E-state index >= 15 is 0 Å². The molecule has 0 aliphatic carbocycles. The molecule has 0 bridgehead atoms. The van der Waals surface area contributed by atoms with Crippen molar-refractivity contribution >= 4 is 11.6 Å². The number of para-hydroxylation sites is 1. The Bertz CT molecular complexity index is 374. The molecule has 1 amide bonds. The largest absolute Gasteiger partial charge is 0.399 e. The van der Waals surface area contributed by atoms with E-state index in [1.165, 1.54) is 0 Å². The van der Waals surface area contributed by atoms with E-state index in [9.17, 15) is 4.79 Å². The highest BCUT2D eigenvalue weighted by molar-refractivity contribution is 5.77. The average Bonchev–Trinajstić information content (AvgIpc) is 2.28. The van der Waals surface area contributed by atoms with Crippen LogP contribution in [-0.4, -0.2) is 23.4 Å². The van der Waals surface area contributed by atoms with Crippen LogP contribution in [0.25, 0.3) is 0 Å². The van der Waals surface area contributed by atoms with Gasteiger partial charge in [0.1, 0.15) is 0 Å². The molecule has 0 unspecified atom stereocenters. The van der Waals surface area contributed by atoms with E-state index in [1.807, 2.05) is 49.9 Å². The number of amides is 1. The molecule has 0 spiro atoms. The van der Waals surface area contributed by atoms with Gasteiger partial charge in [-0.25, -0.2) is 0 Å². The van der Waals surface area contributed by atoms with Crippen LogP contribution >= 0.6 is 0 Å². The molecule has 0 aliphatic heterocycles. The van der Waals surface area contributed by atoms with Crippen molar-refractivity contribution < 1.29 is 4.79 Å². The number of hydrogen-bond acceptors (Lipinski definition) is 2. The molecule has 1 aromatic carbocycles. The lowest BCUT2D eigenvalue weighted by atomic mass is 10.1. The van der Waals surface area contributed by atoms with Crippen LogP contribution in [0.3, 0.4) is 0 Å². The van der Waals surface area contributed by atoms with Gasteiger partial charge >= 0.3 is 0 Å². The van der Waals surface area contributed by atoms with Gasteiger partial charge in [0.05, 0.1) is 0 Å². The van der Waals surface area contributed by atoms with Crippen molar-refractivity contribution in [1.29, 1.82) is 0 Å². The Morgan fingerprint density at radius 3 is 2.53 bits per heavy atom. The lowest BCUT2D eigenvalue weighted by Crippen LogP contribution is -2.36. The Balaban J connectivity index is 2.56. The quantitative estimate of drug-likeness (QED) is 0.795. The second-order valence-corrected chi connectivity index (χ2v) is 4.47. The SMILES string of the molecule is CCN(C(=O)CCc1ccccc1N)C(C)C. The molecule has 2 N–H and O–H groups in total. The third-order valence-corrected chi connectivity index (χ3v) is 2.95. The van der Waals surface area contributed by atoms with Gasteiger partial charge in [-0.2, -0.15) is 0 Å². The highest BCUT2D eigenvalue weighted by Gasteiger charge is 2.14. The zero-order chi connectivity index (χ0) is 12.8. The number of carbonyl (C=O) groups is 1. The number of nitrogens with two attached hydrogens (primary N) is 1. The van der Waals surface area contributed by atoms with E-state index in [-0.39, 0.29) is 11.9 Å². The Kier molecular flexibility index (Phi) is 5.01. The normalized spacial score (nSPS) is 10.6. The predicted octanol–water partition coefficient (Wildman–Crippen LogP) is 2.46. The number of carbonyl (C=O) groups excluding carboxylic acids is 1. The van der Waals surface area contributed by atoms with Crippen LogP contribution in [0, 0.1) is 0 Å². The molecule has 0 heterocycles. The fraction of sp³-hybridized carbons (Fsp3) is 0.500. The summed E-state index contributed by atoms with van der Waals surface area (Å²) in [5.41, 5.74) is 7.68. The number of nitrogens with zero attached hydrogens (tertiary/aromatic N) is 1. The van der Waals surface area contributed by atoms with Crippen LogP contribution in [0.5, 0.6) is 0 Å². The summed E-state index contributed by atoms with van der Waals surface area (Å²) in [6.07, 6.45) is 1.25. The summed E-state index contributed by atoms with van der Waals surface area (Å²) in [7, 11) is 0. The van der Waals surface area contributed by atoms with Crippen LogP contribution in [0.15, 0.2) is 24.3 Å². The van der Waals surface area contributed by atoms with Gasteiger partial charge < -0.3 is 10.6 Å². The van der Waals surface area contributed by atoms with Gasteiger partial charge in [-0.1, -0.05) is 18.2 Å². The Morgan fingerprint density at radius 2 is 2.00 bits per heavy atom. The Labute approximate surface area is 104 Å². The lowest BCUT2D eigenvalue weighted by Gasteiger charge is -2.25. The molecule has 0 aromatic heterocycles. The molecule has 0 radical (unpaired) electrons. The van der Waals surface area contributed by atoms with E-state index in [0.717, 1.165) is 17.8 Å². The second kappa shape index (κ2) is 6.28. The van der Waals surface area contributed by atoms with Crippen LogP contribution in [0.4, 0.5) is 5.69 Å². The molecule has 0 atom stereocenters. The van der Waals surface area contributed by atoms with Gasteiger partial charge in [0.15, 0.2) is 0 Å². The predicted molar refractivity (Wildman–Crippen MR) is 71.7 cm³/mol. The van der Waals surface area contributed by atoms with E-state index in [1.54, 1.807) is 0 Å². The first kappa shape index (κ1) is 13.6. The first-order chi connectivity index (χ1) is 8.06. The number of nitrogen functional groups attached to an aromatic ring is 1. The maximum absolute atomic E-state index is 12.0. The third-order valence-electron chi connectivity index (χ3n) is 2.95. The molecular weight excluding hydrogens is 212 g/mol. The molecule has 3 heteroatoms. The van der Waals surface area contributed by atoms with Gasteiger partial charge in [-0.3, -0.25) is 4.79 Å². The van der Waals surface area contributed by atoms with Gasteiger partial charge in [0.2, 0.25) is 5.91 Å². The molecule has 1 aromatic rings. The standard InChI is InChI=1S/C14H22N2O/c1-4-16(11(2)3)14(17)10-9-12-7-5-6-8-13(12)15/h5-8,11H,4,9-10,15H2,1-3H3. The minimum atomic E-state index is 0.200. The Morgan fingerprint density at radius 1 is 1.35 bits per heavy atom. The zero-order valence-corrected chi connectivity index (χ0v) is 10.9. The van der Waals surface area contributed by atoms with Crippen LogP contribution in [0.2, 0.25) is 0 Å². The van der Waals surface area contributed by atoms with E-state index in [0.29, 0.717) is 12.8 Å². The highest BCUT2D eigenvalue weighted by atomic mass is 16.2. The van der Waals surface area contributed by atoms with Crippen LogP contribution < -0.4 is 5.73 Å². The number of benzene rings is 1. The summed E-state index contributed by atoms with van der Waals surface area (Å²) in [5.74, 6) is 0.200. The van der Waals surface area contributed by atoms with Crippen LogP contribution in [0.1, 0.15) is 32.8 Å². The molecule has 0 aliphatic rings.